The molecule has 0 bridgehead atoms. The number of hydrogen-bond acceptors (Lipinski definition) is 4. The van der Waals surface area contributed by atoms with Crippen LogP contribution >= 0.6 is 0 Å². The third-order valence-corrected chi connectivity index (χ3v) is 4.14. The van der Waals surface area contributed by atoms with Crippen molar-refractivity contribution < 1.29 is 13.9 Å². The highest BCUT2D eigenvalue weighted by Crippen LogP contribution is 2.34. The molecule has 5 nitrogen and oxygen atoms in total. The van der Waals surface area contributed by atoms with Gasteiger partial charge in [0.1, 0.15) is 17.0 Å². The second-order valence-electron chi connectivity index (χ2n) is 5.99. The Balaban J connectivity index is 1.92. The molecule has 5 heteroatoms. The van der Waals surface area contributed by atoms with E-state index in [9.17, 15) is 4.79 Å². The maximum atomic E-state index is 12.0. The Morgan fingerprint density at radius 2 is 1.96 bits per heavy atom. The monoisotopic (exact) mass is 346 g/mol. The van der Waals surface area contributed by atoms with Crippen LogP contribution in [0.25, 0.3) is 28.4 Å². The number of fused-ring (bicyclic) bond motifs is 1. The molecule has 26 heavy (non-hydrogen) atoms. The van der Waals surface area contributed by atoms with Crippen LogP contribution in [0.5, 0.6) is 0 Å². The fraction of sp³-hybridized carbons (Fsp3) is 0.143. The Morgan fingerprint density at radius 3 is 2.73 bits per heavy atom. The molecule has 130 valence electrons. The van der Waals surface area contributed by atoms with Gasteiger partial charge in [0.25, 0.3) is 0 Å². The van der Waals surface area contributed by atoms with Crippen molar-refractivity contribution in [1.29, 1.82) is 0 Å². The lowest BCUT2D eigenvalue weighted by Gasteiger charge is -2.03. The molecule has 0 spiro atoms. The Labute approximate surface area is 150 Å². The van der Waals surface area contributed by atoms with Gasteiger partial charge in [-0.05, 0) is 43.7 Å². The lowest BCUT2D eigenvalue weighted by atomic mass is 10.1. The molecule has 3 heterocycles. The number of furan rings is 1. The lowest BCUT2D eigenvalue weighted by molar-refractivity contribution is 0.0491. The van der Waals surface area contributed by atoms with Crippen molar-refractivity contribution in [2.45, 2.75) is 13.8 Å². The van der Waals surface area contributed by atoms with Crippen molar-refractivity contribution >= 4 is 11.6 Å². The summed E-state index contributed by atoms with van der Waals surface area (Å²) in [6, 6.07) is 17.4. The highest BCUT2D eigenvalue weighted by Gasteiger charge is 2.21. The molecule has 0 aliphatic carbocycles. The first-order chi connectivity index (χ1) is 12.7. The van der Waals surface area contributed by atoms with Gasteiger partial charge in [0, 0.05) is 11.8 Å². The van der Waals surface area contributed by atoms with Gasteiger partial charge in [-0.25, -0.2) is 9.78 Å². The summed E-state index contributed by atoms with van der Waals surface area (Å²) in [7, 11) is 0. The van der Waals surface area contributed by atoms with E-state index in [-0.39, 0.29) is 5.76 Å². The minimum absolute atomic E-state index is 0.183. The zero-order valence-corrected chi connectivity index (χ0v) is 14.6. The summed E-state index contributed by atoms with van der Waals surface area (Å²) in [4.78, 5) is 16.7. The smallest absolute Gasteiger partial charge is 0.374 e. The van der Waals surface area contributed by atoms with Gasteiger partial charge in [-0.3, -0.25) is 4.40 Å². The van der Waals surface area contributed by atoms with E-state index in [1.165, 1.54) is 0 Å². The normalized spacial score (nSPS) is 11.0. The SMILES string of the molecule is CCOC(=O)c1ccc(-c2c(-c3ccccc3)nc3cc(C)ccn23)o1. The molecule has 0 atom stereocenters. The van der Waals surface area contributed by atoms with Crippen LogP contribution in [-0.4, -0.2) is 22.0 Å². The molecule has 4 rings (SSSR count). The largest absolute Gasteiger partial charge is 0.460 e. The van der Waals surface area contributed by atoms with Crippen LogP contribution in [0.4, 0.5) is 0 Å². The second-order valence-corrected chi connectivity index (χ2v) is 5.99. The molecule has 0 aliphatic rings. The van der Waals surface area contributed by atoms with Crippen LogP contribution in [0.2, 0.25) is 0 Å². The van der Waals surface area contributed by atoms with Crippen molar-refractivity contribution in [3.63, 3.8) is 0 Å². The van der Waals surface area contributed by atoms with Crippen LogP contribution in [0.1, 0.15) is 23.0 Å². The van der Waals surface area contributed by atoms with Crippen molar-refractivity contribution in [1.82, 2.24) is 9.38 Å². The second kappa shape index (κ2) is 6.52. The molecule has 0 aliphatic heterocycles. The van der Waals surface area contributed by atoms with Gasteiger partial charge in [-0.2, -0.15) is 0 Å². The van der Waals surface area contributed by atoms with E-state index in [1.54, 1.807) is 19.1 Å². The van der Waals surface area contributed by atoms with Crippen LogP contribution in [0.3, 0.4) is 0 Å². The van der Waals surface area contributed by atoms with Crippen molar-refractivity contribution in [3.05, 3.63) is 72.1 Å². The molecular weight excluding hydrogens is 328 g/mol. The molecule has 0 amide bonds. The fourth-order valence-electron chi connectivity index (χ4n) is 2.96. The number of aryl methyl sites for hydroxylation is 1. The predicted octanol–water partition coefficient (Wildman–Crippen LogP) is 4.75. The summed E-state index contributed by atoms with van der Waals surface area (Å²) < 4.78 is 12.8. The quantitative estimate of drug-likeness (QED) is 0.501. The number of ether oxygens (including phenoxy) is 1. The van der Waals surface area contributed by atoms with E-state index in [0.717, 1.165) is 28.2 Å². The maximum Gasteiger partial charge on any atom is 0.374 e. The number of nitrogens with zero attached hydrogens (tertiary/aromatic N) is 2. The predicted molar refractivity (Wildman–Crippen MR) is 99.0 cm³/mol. The summed E-state index contributed by atoms with van der Waals surface area (Å²) >= 11 is 0. The third kappa shape index (κ3) is 2.77. The summed E-state index contributed by atoms with van der Waals surface area (Å²) in [5.41, 5.74) is 4.55. The van der Waals surface area contributed by atoms with Crippen LogP contribution in [0, 0.1) is 6.92 Å². The maximum absolute atomic E-state index is 12.0. The minimum atomic E-state index is -0.468. The van der Waals surface area contributed by atoms with Crippen LogP contribution < -0.4 is 0 Å². The van der Waals surface area contributed by atoms with Gasteiger partial charge in [0.2, 0.25) is 5.76 Å². The fourth-order valence-corrected chi connectivity index (χ4v) is 2.96. The average Bonchev–Trinajstić information content (AvgIpc) is 3.26. The van der Waals surface area contributed by atoms with Crippen molar-refractivity contribution in [3.8, 4) is 22.7 Å². The highest BCUT2D eigenvalue weighted by atomic mass is 16.5. The summed E-state index contributed by atoms with van der Waals surface area (Å²) in [6.07, 6.45) is 1.96. The lowest BCUT2D eigenvalue weighted by Crippen LogP contribution is -2.02. The van der Waals surface area contributed by atoms with E-state index < -0.39 is 5.97 Å². The first-order valence-corrected chi connectivity index (χ1v) is 8.49. The number of esters is 1. The Bertz CT molecular complexity index is 1080. The Morgan fingerprint density at radius 1 is 1.15 bits per heavy atom. The minimum Gasteiger partial charge on any atom is -0.460 e. The summed E-state index contributed by atoms with van der Waals surface area (Å²) in [5, 5.41) is 0. The molecule has 0 fully saturated rings. The number of pyridine rings is 1. The van der Waals surface area contributed by atoms with Gasteiger partial charge in [-0.15, -0.1) is 0 Å². The van der Waals surface area contributed by atoms with E-state index in [1.807, 2.05) is 60.0 Å². The highest BCUT2D eigenvalue weighted by molar-refractivity contribution is 5.88. The first kappa shape index (κ1) is 16.1. The number of rotatable bonds is 4. The standard InChI is InChI=1S/C21H18N2O3/c1-3-25-21(24)17-10-9-16(26-17)20-19(15-7-5-4-6-8-15)22-18-13-14(2)11-12-23(18)20/h4-13H,3H2,1-2H3. The van der Waals surface area contributed by atoms with E-state index >= 15 is 0 Å². The molecular formula is C21H18N2O3. The molecule has 3 aromatic heterocycles. The van der Waals surface area contributed by atoms with E-state index in [4.69, 9.17) is 14.1 Å². The zero-order chi connectivity index (χ0) is 18.1. The number of carbonyl (C=O) groups is 1. The van der Waals surface area contributed by atoms with Gasteiger partial charge in [0.15, 0.2) is 5.76 Å². The zero-order valence-electron chi connectivity index (χ0n) is 14.6. The molecule has 0 N–H and O–H groups in total. The van der Waals surface area contributed by atoms with E-state index in [0.29, 0.717) is 12.4 Å². The molecule has 0 saturated heterocycles. The Hall–Kier alpha value is -3.34. The van der Waals surface area contributed by atoms with Gasteiger partial charge in [0.05, 0.1) is 6.61 Å². The summed E-state index contributed by atoms with van der Waals surface area (Å²) in [6.45, 7) is 4.10. The van der Waals surface area contributed by atoms with Crippen LogP contribution in [-0.2, 0) is 4.74 Å². The van der Waals surface area contributed by atoms with Crippen molar-refractivity contribution in [2.75, 3.05) is 6.61 Å². The van der Waals surface area contributed by atoms with Crippen LogP contribution in [0.15, 0.2) is 65.2 Å². The molecule has 0 saturated carbocycles. The third-order valence-electron chi connectivity index (χ3n) is 4.14. The topological polar surface area (TPSA) is 56.7 Å². The Kier molecular flexibility index (Phi) is 4.05. The number of carbonyl (C=O) groups excluding carboxylic acids is 1. The average molecular weight is 346 g/mol. The summed E-state index contributed by atoms with van der Waals surface area (Å²) in [5.74, 6) is 0.288. The number of benzene rings is 1. The van der Waals surface area contributed by atoms with Gasteiger partial charge < -0.3 is 9.15 Å². The molecule has 4 aromatic rings. The molecule has 1 aromatic carbocycles. The molecule has 0 radical (unpaired) electrons. The number of imidazole rings is 1. The molecule has 0 unspecified atom stereocenters. The van der Waals surface area contributed by atoms with E-state index in [2.05, 4.69) is 0 Å². The number of hydrogen-bond donors (Lipinski definition) is 0. The number of aromatic nitrogens is 2. The van der Waals surface area contributed by atoms with Crippen molar-refractivity contribution in [2.24, 2.45) is 0 Å². The first-order valence-electron chi connectivity index (χ1n) is 8.49. The van der Waals surface area contributed by atoms with Gasteiger partial charge >= 0.3 is 5.97 Å². The van der Waals surface area contributed by atoms with Gasteiger partial charge in [-0.1, -0.05) is 30.3 Å².